The minimum absolute atomic E-state index is 0.0524. The van der Waals surface area contributed by atoms with Gasteiger partial charge in [-0.05, 0) is 37.4 Å². The average Bonchev–Trinajstić information content (AvgIpc) is 3.25. The fraction of sp³-hybridized carbons (Fsp3) is 0.500. The minimum atomic E-state index is 0.0524. The first-order chi connectivity index (χ1) is 12.7. The van der Waals surface area contributed by atoms with Gasteiger partial charge in [-0.1, -0.05) is 30.3 Å². The fourth-order valence-corrected chi connectivity index (χ4v) is 3.99. The molecule has 2 amide bonds. The molecule has 2 aromatic rings. The third-order valence-corrected chi connectivity index (χ3v) is 5.37. The summed E-state index contributed by atoms with van der Waals surface area (Å²) >= 11 is 0. The summed E-state index contributed by atoms with van der Waals surface area (Å²) in [7, 11) is 0. The molecule has 1 atom stereocenters. The van der Waals surface area contributed by atoms with Crippen LogP contribution in [0.5, 0.6) is 0 Å². The number of carbonyl (C=O) groups is 1. The lowest BCUT2D eigenvalue weighted by Crippen LogP contribution is -2.45. The van der Waals surface area contributed by atoms with E-state index >= 15 is 0 Å². The molecule has 1 aromatic heterocycles. The number of likely N-dealkylation sites (tertiary alicyclic amines) is 1. The smallest absolute Gasteiger partial charge is 0.317 e. The Labute approximate surface area is 154 Å². The van der Waals surface area contributed by atoms with Crippen molar-refractivity contribution in [3.05, 3.63) is 53.3 Å². The fourth-order valence-electron chi connectivity index (χ4n) is 3.99. The average molecular weight is 353 g/mol. The van der Waals surface area contributed by atoms with Crippen LogP contribution in [0.25, 0.3) is 0 Å². The summed E-state index contributed by atoms with van der Waals surface area (Å²) < 4.78 is 2.01. The molecule has 0 unspecified atom stereocenters. The summed E-state index contributed by atoms with van der Waals surface area (Å²) in [6.45, 7) is 8.09. The van der Waals surface area contributed by atoms with Gasteiger partial charge in [-0.25, -0.2) is 4.79 Å². The van der Waals surface area contributed by atoms with Crippen molar-refractivity contribution in [2.24, 2.45) is 5.92 Å². The number of carbonyl (C=O) groups excluding carboxylic acids is 1. The molecule has 1 fully saturated rings. The topological polar surface area (TPSA) is 53.4 Å². The van der Waals surface area contributed by atoms with Crippen LogP contribution < -0.4 is 5.32 Å². The van der Waals surface area contributed by atoms with Gasteiger partial charge in [0.05, 0.1) is 24.5 Å². The lowest BCUT2D eigenvalue weighted by molar-refractivity contribution is 0.179. The SMILES string of the molecule is Cc1cc2n(n1)CCN(C(=O)NC[C@@H]1CCN(Cc3ccccc3)C1)C2. The molecule has 2 aliphatic rings. The van der Waals surface area contributed by atoms with Crippen molar-refractivity contribution < 1.29 is 4.79 Å². The highest BCUT2D eigenvalue weighted by molar-refractivity contribution is 5.74. The van der Waals surface area contributed by atoms with Gasteiger partial charge in [-0.3, -0.25) is 9.58 Å². The summed E-state index contributed by atoms with van der Waals surface area (Å²) in [6.07, 6.45) is 1.15. The van der Waals surface area contributed by atoms with Crippen LogP contribution in [-0.4, -0.2) is 51.8 Å². The maximum Gasteiger partial charge on any atom is 0.317 e. The second-order valence-electron chi connectivity index (χ2n) is 7.48. The summed E-state index contributed by atoms with van der Waals surface area (Å²) in [5.74, 6) is 0.542. The molecular weight excluding hydrogens is 326 g/mol. The van der Waals surface area contributed by atoms with Crippen LogP contribution >= 0.6 is 0 Å². The highest BCUT2D eigenvalue weighted by Gasteiger charge is 2.25. The number of rotatable bonds is 4. The van der Waals surface area contributed by atoms with Crippen molar-refractivity contribution in [2.75, 3.05) is 26.2 Å². The molecule has 0 bridgehead atoms. The Bertz CT molecular complexity index is 757. The maximum absolute atomic E-state index is 12.5. The summed E-state index contributed by atoms with van der Waals surface area (Å²) in [6, 6.07) is 12.7. The number of amides is 2. The molecule has 1 aromatic carbocycles. The number of hydrogen-bond donors (Lipinski definition) is 1. The molecule has 0 saturated carbocycles. The highest BCUT2D eigenvalue weighted by atomic mass is 16.2. The zero-order valence-corrected chi connectivity index (χ0v) is 15.4. The normalized spacial score (nSPS) is 20.2. The molecule has 26 heavy (non-hydrogen) atoms. The van der Waals surface area contributed by atoms with Crippen LogP contribution in [-0.2, 0) is 19.6 Å². The molecule has 0 radical (unpaired) electrons. The Balaban J connectivity index is 1.23. The number of aromatic nitrogens is 2. The van der Waals surface area contributed by atoms with Crippen LogP contribution in [0.15, 0.2) is 36.4 Å². The van der Waals surface area contributed by atoms with E-state index in [4.69, 9.17) is 0 Å². The predicted molar refractivity (Wildman–Crippen MR) is 101 cm³/mol. The van der Waals surface area contributed by atoms with Gasteiger partial charge in [0.2, 0.25) is 0 Å². The second kappa shape index (κ2) is 7.50. The minimum Gasteiger partial charge on any atom is -0.338 e. The second-order valence-corrected chi connectivity index (χ2v) is 7.48. The van der Waals surface area contributed by atoms with Crippen molar-refractivity contribution in [3.63, 3.8) is 0 Å². The van der Waals surface area contributed by atoms with E-state index in [2.05, 4.69) is 51.7 Å². The number of hydrogen-bond acceptors (Lipinski definition) is 3. The van der Waals surface area contributed by atoms with Crippen LogP contribution in [0.3, 0.4) is 0 Å². The Morgan fingerprint density at radius 2 is 2.08 bits per heavy atom. The first-order valence-corrected chi connectivity index (χ1v) is 9.50. The van der Waals surface area contributed by atoms with E-state index < -0.39 is 0 Å². The van der Waals surface area contributed by atoms with Crippen LogP contribution in [0.4, 0.5) is 4.79 Å². The molecule has 0 aliphatic carbocycles. The first kappa shape index (κ1) is 17.1. The standard InChI is InChI=1S/C20H27N5O/c1-16-11-19-15-24(9-10-25(19)22-16)20(26)21-12-18-7-8-23(14-18)13-17-5-3-2-4-6-17/h2-6,11,18H,7-10,12-15H2,1H3,(H,21,26)/t18-/m0/s1. The Hall–Kier alpha value is -2.34. The van der Waals surface area contributed by atoms with Gasteiger partial charge < -0.3 is 10.2 Å². The predicted octanol–water partition coefficient (Wildman–Crippen LogP) is 2.24. The largest absolute Gasteiger partial charge is 0.338 e. The zero-order valence-electron chi connectivity index (χ0n) is 15.4. The van der Waals surface area contributed by atoms with Crippen LogP contribution in [0.1, 0.15) is 23.4 Å². The van der Waals surface area contributed by atoms with Gasteiger partial charge >= 0.3 is 6.03 Å². The van der Waals surface area contributed by atoms with Crippen LogP contribution in [0.2, 0.25) is 0 Å². The summed E-state index contributed by atoms with van der Waals surface area (Å²) in [5, 5.41) is 7.60. The van der Waals surface area contributed by atoms with Crippen molar-refractivity contribution in [2.45, 2.75) is 33.0 Å². The maximum atomic E-state index is 12.5. The molecule has 4 rings (SSSR count). The van der Waals surface area contributed by atoms with E-state index in [0.29, 0.717) is 12.5 Å². The lowest BCUT2D eigenvalue weighted by Gasteiger charge is -2.28. The van der Waals surface area contributed by atoms with E-state index in [1.165, 1.54) is 5.56 Å². The molecule has 6 heteroatoms. The number of nitrogens with one attached hydrogen (secondary N) is 1. The number of fused-ring (bicyclic) bond motifs is 1. The molecule has 3 heterocycles. The van der Waals surface area contributed by atoms with Gasteiger partial charge in [-0.15, -0.1) is 0 Å². The molecule has 1 N–H and O–H groups in total. The van der Waals surface area contributed by atoms with Crippen molar-refractivity contribution >= 4 is 6.03 Å². The van der Waals surface area contributed by atoms with Crippen LogP contribution in [0, 0.1) is 12.8 Å². The van der Waals surface area contributed by atoms with E-state index in [1.807, 2.05) is 16.5 Å². The lowest BCUT2D eigenvalue weighted by atomic mass is 10.1. The molecule has 0 spiro atoms. The van der Waals surface area contributed by atoms with Crippen molar-refractivity contribution in [1.29, 1.82) is 0 Å². The van der Waals surface area contributed by atoms with Gasteiger partial charge in [0, 0.05) is 26.2 Å². The first-order valence-electron chi connectivity index (χ1n) is 9.50. The molecular formula is C20H27N5O. The third kappa shape index (κ3) is 3.90. The number of urea groups is 1. The molecule has 1 saturated heterocycles. The van der Waals surface area contributed by atoms with Gasteiger partial charge in [-0.2, -0.15) is 5.10 Å². The Kier molecular flexibility index (Phi) is 4.93. The molecule has 2 aliphatic heterocycles. The number of aryl methyl sites for hydroxylation is 1. The van der Waals surface area contributed by atoms with Gasteiger partial charge in [0.1, 0.15) is 0 Å². The quantitative estimate of drug-likeness (QED) is 0.917. The van der Waals surface area contributed by atoms with E-state index in [-0.39, 0.29) is 6.03 Å². The molecule has 138 valence electrons. The van der Waals surface area contributed by atoms with E-state index in [1.54, 1.807) is 0 Å². The zero-order chi connectivity index (χ0) is 17.9. The van der Waals surface area contributed by atoms with E-state index in [9.17, 15) is 4.79 Å². The van der Waals surface area contributed by atoms with E-state index in [0.717, 1.165) is 57.1 Å². The Morgan fingerprint density at radius 1 is 1.23 bits per heavy atom. The third-order valence-electron chi connectivity index (χ3n) is 5.37. The van der Waals surface area contributed by atoms with Crippen molar-refractivity contribution in [1.82, 2.24) is 24.9 Å². The molecule has 6 nitrogen and oxygen atoms in total. The number of nitrogens with zero attached hydrogens (tertiary/aromatic N) is 4. The monoisotopic (exact) mass is 353 g/mol. The van der Waals surface area contributed by atoms with Gasteiger partial charge in [0.15, 0.2) is 0 Å². The highest BCUT2D eigenvalue weighted by Crippen LogP contribution is 2.18. The summed E-state index contributed by atoms with van der Waals surface area (Å²) in [5.41, 5.74) is 3.50. The Morgan fingerprint density at radius 3 is 2.92 bits per heavy atom. The van der Waals surface area contributed by atoms with Crippen molar-refractivity contribution in [3.8, 4) is 0 Å². The van der Waals surface area contributed by atoms with Gasteiger partial charge in [0.25, 0.3) is 0 Å². The number of benzene rings is 1. The summed E-state index contributed by atoms with van der Waals surface area (Å²) in [4.78, 5) is 16.9.